The Morgan fingerprint density at radius 1 is 1.20 bits per heavy atom. The second-order valence-electron chi connectivity index (χ2n) is 11.1. The van der Waals surface area contributed by atoms with Crippen molar-refractivity contribution in [3.63, 3.8) is 0 Å². The van der Waals surface area contributed by atoms with Crippen LogP contribution in [0.15, 0.2) is 48.5 Å². The average molecular weight is 583 g/mol. The van der Waals surface area contributed by atoms with Crippen LogP contribution in [0.4, 0.5) is 5.82 Å². The number of thioether (sulfide) groups is 1. The van der Waals surface area contributed by atoms with Crippen LogP contribution in [-0.4, -0.2) is 60.3 Å². The zero-order chi connectivity index (χ0) is 28.4. The van der Waals surface area contributed by atoms with Crippen LogP contribution in [0.2, 0.25) is 5.02 Å². The molecule has 2 atom stereocenters. The molecule has 1 aromatic heterocycles. The Balaban J connectivity index is 1.68. The predicted octanol–water partition coefficient (Wildman–Crippen LogP) is 5.30. The highest BCUT2D eigenvalue weighted by atomic mass is 35.5. The molecule has 2 aromatic carbocycles. The molecule has 0 aliphatic carbocycles. The molecular formula is C30H35ClN4O4S. The Labute approximate surface area is 244 Å². The molecule has 3 heterocycles. The molecule has 10 heteroatoms. The van der Waals surface area contributed by atoms with Crippen molar-refractivity contribution in [3.8, 4) is 11.4 Å². The van der Waals surface area contributed by atoms with Gasteiger partial charge >= 0.3 is 0 Å². The summed E-state index contributed by atoms with van der Waals surface area (Å²) in [5.41, 5.74) is 2.90. The molecule has 40 heavy (non-hydrogen) atoms. The van der Waals surface area contributed by atoms with Crippen molar-refractivity contribution >= 4 is 41.0 Å². The van der Waals surface area contributed by atoms with Crippen molar-refractivity contribution in [2.45, 2.75) is 50.4 Å². The lowest BCUT2D eigenvalue weighted by Crippen LogP contribution is -2.44. The largest absolute Gasteiger partial charge is 0.496 e. The first-order chi connectivity index (χ1) is 19.2. The minimum Gasteiger partial charge on any atom is -0.496 e. The molecule has 2 aliphatic rings. The average Bonchev–Trinajstić information content (AvgIpc) is 3.57. The normalized spacial score (nSPS) is 19.3. The number of fused-ring (bicyclic) bond motifs is 1. The van der Waals surface area contributed by atoms with Crippen molar-refractivity contribution < 1.29 is 19.1 Å². The van der Waals surface area contributed by atoms with Crippen LogP contribution in [0.25, 0.3) is 5.69 Å². The first-order valence-corrected chi connectivity index (χ1v) is 14.9. The van der Waals surface area contributed by atoms with Crippen LogP contribution >= 0.6 is 23.4 Å². The van der Waals surface area contributed by atoms with Crippen molar-refractivity contribution in [2.75, 3.05) is 37.5 Å². The smallest absolute Gasteiger partial charge is 0.240 e. The summed E-state index contributed by atoms with van der Waals surface area (Å²) in [6.07, 6.45) is 1.91. The van der Waals surface area contributed by atoms with Crippen LogP contribution in [0, 0.1) is 0 Å². The summed E-state index contributed by atoms with van der Waals surface area (Å²) in [6, 6.07) is 15.3. The minimum absolute atomic E-state index is 0.00553. The topological polar surface area (TPSA) is 85.7 Å². The van der Waals surface area contributed by atoms with Crippen LogP contribution in [0.5, 0.6) is 5.75 Å². The van der Waals surface area contributed by atoms with E-state index in [0.717, 1.165) is 35.4 Å². The number of hydrogen-bond acceptors (Lipinski definition) is 6. The van der Waals surface area contributed by atoms with E-state index in [2.05, 4.69) is 26.1 Å². The molecule has 0 saturated carbocycles. The molecule has 0 bridgehead atoms. The van der Waals surface area contributed by atoms with Crippen molar-refractivity contribution in [3.05, 3.63) is 70.4 Å². The molecule has 8 nitrogen and oxygen atoms in total. The molecule has 3 aromatic rings. The summed E-state index contributed by atoms with van der Waals surface area (Å²) in [5, 5.41) is 8.30. The zero-order valence-corrected chi connectivity index (χ0v) is 24.8. The summed E-state index contributed by atoms with van der Waals surface area (Å²) in [7, 11) is 1.65. The van der Waals surface area contributed by atoms with E-state index in [1.807, 2.05) is 42.5 Å². The van der Waals surface area contributed by atoms with Gasteiger partial charge in [0.25, 0.3) is 0 Å². The van der Waals surface area contributed by atoms with E-state index in [0.29, 0.717) is 29.7 Å². The molecular weight excluding hydrogens is 548 g/mol. The van der Waals surface area contributed by atoms with Gasteiger partial charge in [-0.1, -0.05) is 62.7 Å². The Bertz CT molecular complexity index is 1400. The molecule has 212 valence electrons. The number of amides is 2. The number of nitrogens with zero attached hydrogens (tertiary/aromatic N) is 3. The van der Waals surface area contributed by atoms with Crippen molar-refractivity contribution in [1.29, 1.82) is 0 Å². The van der Waals surface area contributed by atoms with E-state index in [4.69, 9.17) is 26.2 Å². The SMILES string of the molecule is COc1ccccc1[C@@H]1SCC(=O)N(CC(=O)NC[C@H]2CCCO2)c2c1c(C(C)(C)C)nn2-c1ccccc1Cl. The molecule has 1 saturated heterocycles. The molecule has 0 unspecified atom stereocenters. The van der Waals surface area contributed by atoms with Crippen LogP contribution in [0.1, 0.15) is 55.7 Å². The second-order valence-corrected chi connectivity index (χ2v) is 12.6. The number of anilines is 1. The van der Waals surface area contributed by atoms with Gasteiger partial charge in [-0.05, 0) is 31.0 Å². The van der Waals surface area contributed by atoms with Gasteiger partial charge in [0, 0.05) is 29.7 Å². The lowest BCUT2D eigenvalue weighted by molar-refractivity contribution is -0.123. The molecule has 2 aliphatic heterocycles. The molecule has 1 fully saturated rings. The number of benzene rings is 2. The van der Waals surface area contributed by atoms with E-state index in [9.17, 15) is 9.59 Å². The maximum absolute atomic E-state index is 13.8. The Hall–Kier alpha value is -3.01. The van der Waals surface area contributed by atoms with E-state index in [-0.39, 0.29) is 40.9 Å². The number of hydrogen-bond donors (Lipinski definition) is 1. The quantitative estimate of drug-likeness (QED) is 0.407. The number of carbonyl (C=O) groups is 2. The van der Waals surface area contributed by atoms with Gasteiger partial charge in [-0.25, -0.2) is 4.68 Å². The number of aromatic nitrogens is 2. The Morgan fingerprint density at radius 2 is 1.95 bits per heavy atom. The standard InChI is InChI=1S/C30H35ClN4O4S/c1-30(2,3)28-26-27(20-11-5-8-14-23(20)38-4)40-18-25(37)34(17-24(36)32-16-19-10-9-15-39-19)29(26)35(33-28)22-13-7-6-12-21(22)31/h5-8,11-14,19,27H,9-10,15-18H2,1-4H3,(H,32,36)/t19-,27+/m1/s1. The first kappa shape index (κ1) is 28.5. The first-order valence-electron chi connectivity index (χ1n) is 13.5. The van der Waals surface area contributed by atoms with E-state index >= 15 is 0 Å². The lowest BCUT2D eigenvalue weighted by Gasteiger charge is -2.25. The third-order valence-electron chi connectivity index (χ3n) is 7.15. The van der Waals surface area contributed by atoms with Crippen LogP contribution in [0.3, 0.4) is 0 Å². The molecule has 1 N–H and O–H groups in total. The third-order valence-corrected chi connectivity index (χ3v) is 8.71. The second kappa shape index (κ2) is 11.8. The summed E-state index contributed by atoms with van der Waals surface area (Å²) in [6.45, 7) is 7.29. The van der Waals surface area contributed by atoms with Gasteiger partial charge in [-0.15, -0.1) is 11.8 Å². The highest BCUT2D eigenvalue weighted by Gasteiger charge is 2.41. The maximum Gasteiger partial charge on any atom is 0.240 e. The lowest BCUT2D eigenvalue weighted by atomic mass is 9.87. The molecule has 2 amide bonds. The van der Waals surface area contributed by atoms with Crippen molar-refractivity contribution in [2.24, 2.45) is 0 Å². The van der Waals surface area contributed by atoms with Crippen LogP contribution < -0.4 is 15.0 Å². The number of nitrogens with one attached hydrogen (secondary N) is 1. The Morgan fingerprint density at radius 3 is 2.65 bits per heavy atom. The summed E-state index contributed by atoms with van der Waals surface area (Å²) < 4.78 is 13.2. The Kier molecular flexibility index (Phi) is 8.44. The van der Waals surface area contributed by atoms with Gasteiger partial charge in [-0.2, -0.15) is 5.10 Å². The third kappa shape index (κ3) is 5.73. The van der Waals surface area contributed by atoms with E-state index in [1.165, 1.54) is 11.8 Å². The van der Waals surface area contributed by atoms with Crippen molar-refractivity contribution in [1.82, 2.24) is 15.1 Å². The highest BCUT2D eigenvalue weighted by molar-refractivity contribution is 8.00. The fourth-order valence-corrected chi connectivity index (χ4v) is 6.66. The van der Waals surface area contributed by atoms with Gasteiger partial charge in [-0.3, -0.25) is 14.5 Å². The predicted molar refractivity (Wildman–Crippen MR) is 159 cm³/mol. The van der Waals surface area contributed by atoms with Gasteiger partial charge in [0.2, 0.25) is 11.8 Å². The minimum atomic E-state index is -0.376. The fourth-order valence-electron chi connectivity index (χ4n) is 5.23. The number of para-hydroxylation sites is 2. The number of halogens is 1. The van der Waals surface area contributed by atoms with Gasteiger partial charge < -0.3 is 14.8 Å². The number of rotatable bonds is 7. The zero-order valence-electron chi connectivity index (χ0n) is 23.3. The summed E-state index contributed by atoms with van der Waals surface area (Å²) >= 11 is 8.21. The fraction of sp³-hybridized carbons (Fsp3) is 0.433. The number of carbonyl (C=O) groups excluding carboxylic acids is 2. The highest BCUT2D eigenvalue weighted by Crippen LogP contribution is 2.50. The van der Waals surface area contributed by atoms with E-state index < -0.39 is 0 Å². The van der Waals surface area contributed by atoms with Crippen LogP contribution in [-0.2, 0) is 19.7 Å². The monoisotopic (exact) mass is 582 g/mol. The maximum atomic E-state index is 13.8. The number of methoxy groups -OCH3 is 1. The molecule has 0 spiro atoms. The number of ether oxygens (including phenoxy) is 2. The molecule has 5 rings (SSSR count). The molecule has 0 radical (unpaired) electrons. The summed E-state index contributed by atoms with van der Waals surface area (Å²) in [5.74, 6) is 1.04. The summed E-state index contributed by atoms with van der Waals surface area (Å²) in [4.78, 5) is 28.7. The van der Waals surface area contributed by atoms with E-state index in [1.54, 1.807) is 22.8 Å². The van der Waals surface area contributed by atoms with Gasteiger partial charge in [0.1, 0.15) is 18.1 Å². The van der Waals surface area contributed by atoms with Gasteiger partial charge in [0.05, 0.1) is 40.6 Å². The van der Waals surface area contributed by atoms with Gasteiger partial charge in [0.15, 0.2) is 0 Å².